The molecule has 2 unspecified atom stereocenters. The van der Waals surface area contributed by atoms with Gasteiger partial charge in [-0.25, -0.2) is 0 Å². The van der Waals surface area contributed by atoms with E-state index in [0.29, 0.717) is 6.42 Å². The summed E-state index contributed by atoms with van der Waals surface area (Å²) in [7, 11) is 0. The Morgan fingerprint density at radius 1 is 1.40 bits per heavy atom. The monoisotopic (exact) mass is 275 g/mol. The van der Waals surface area contributed by atoms with Gasteiger partial charge in [-0.15, -0.1) is 0 Å². The van der Waals surface area contributed by atoms with Crippen molar-refractivity contribution in [2.24, 2.45) is 5.92 Å². The Labute approximate surface area is 119 Å². The minimum atomic E-state index is -0.834. The largest absolute Gasteiger partial charge is 0.481 e. The zero-order valence-corrected chi connectivity index (χ0v) is 11.8. The lowest BCUT2D eigenvalue weighted by Crippen LogP contribution is -2.35. The number of carboxylic acids is 1. The Hall–Kier alpha value is -1.84. The van der Waals surface area contributed by atoms with Crippen LogP contribution in [0.5, 0.6) is 0 Å². The smallest absolute Gasteiger partial charge is 0.308 e. The summed E-state index contributed by atoms with van der Waals surface area (Å²) in [6.45, 7) is 2.17. The molecule has 0 spiro atoms. The Balaban J connectivity index is 1.95. The Bertz CT molecular complexity index is 498. The van der Waals surface area contributed by atoms with E-state index in [0.717, 1.165) is 24.8 Å². The Morgan fingerprint density at radius 3 is 2.85 bits per heavy atom. The van der Waals surface area contributed by atoms with Crippen LogP contribution in [0.15, 0.2) is 24.3 Å². The number of benzene rings is 1. The van der Waals surface area contributed by atoms with Crippen molar-refractivity contribution in [3.8, 4) is 0 Å². The minimum absolute atomic E-state index is 0.0442. The van der Waals surface area contributed by atoms with Crippen LogP contribution < -0.4 is 5.32 Å². The van der Waals surface area contributed by atoms with Gasteiger partial charge in [0, 0.05) is 6.54 Å². The molecule has 2 atom stereocenters. The third-order valence-electron chi connectivity index (χ3n) is 3.96. The molecule has 0 fully saturated rings. The van der Waals surface area contributed by atoms with Crippen molar-refractivity contribution >= 4 is 11.9 Å². The first-order chi connectivity index (χ1) is 9.63. The van der Waals surface area contributed by atoms with Crippen molar-refractivity contribution in [3.63, 3.8) is 0 Å². The average Bonchev–Trinajstić information content (AvgIpc) is 2.86. The van der Waals surface area contributed by atoms with Gasteiger partial charge in [0.25, 0.3) is 0 Å². The van der Waals surface area contributed by atoms with Crippen LogP contribution in [-0.4, -0.2) is 23.5 Å². The highest BCUT2D eigenvalue weighted by Gasteiger charge is 2.28. The maximum atomic E-state index is 12.2. The van der Waals surface area contributed by atoms with E-state index >= 15 is 0 Å². The van der Waals surface area contributed by atoms with E-state index in [1.54, 1.807) is 0 Å². The second-order valence-electron chi connectivity index (χ2n) is 5.36. The second kappa shape index (κ2) is 6.55. The normalized spacial score (nSPS) is 18.4. The molecular weight excluding hydrogens is 254 g/mol. The van der Waals surface area contributed by atoms with Crippen molar-refractivity contribution in [2.75, 3.05) is 6.54 Å². The molecule has 1 aliphatic rings. The molecule has 2 rings (SSSR count). The van der Waals surface area contributed by atoms with Crippen molar-refractivity contribution < 1.29 is 14.7 Å². The molecule has 0 saturated heterocycles. The molecule has 0 radical (unpaired) electrons. The molecule has 0 bridgehead atoms. The Kier molecular flexibility index (Phi) is 4.77. The van der Waals surface area contributed by atoms with Crippen molar-refractivity contribution in [1.82, 2.24) is 5.32 Å². The topological polar surface area (TPSA) is 66.4 Å². The van der Waals surface area contributed by atoms with Crippen LogP contribution in [0.2, 0.25) is 0 Å². The molecule has 4 nitrogen and oxygen atoms in total. The summed E-state index contributed by atoms with van der Waals surface area (Å²) in [5.74, 6) is -1.49. The second-order valence-corrected chi connectivity index (χ2v) is 5.36. The maximum Gasteiger partial charge on any atom is 0.308 e. The lowest BCUT2D eigenvalue weighted by molar-refractivity contribution is -0.142. The number of aliphatic carboxylic acids is 1. The lowest BCUT2D eigenvalue weighted by Gasteiger charge is -2.16. The molecule has 2 N–H and O–H groups in total. The number of carbonyl (C=O) groups excluding carboxylic acids is 1. The summed E-state index contributed by atoms with van der Waals surface area (Å²) in [5.41, 5.74) is 2.32. The van der Waals surface area contributed by atoms with E-state index in [1.165, 1.54) is 5.56 Å². The number of hydrogen-bond donors (Lipinski definition) is 2. The van der Waals surface area contributed by atoms with Crippen LogP contribution in [0.3, 0.4) is 0 Å². The summed E-state index contributed by atoms with van der Waals surface area (Å²) >= 11 is 0. The number of fused-ring (bicyclic) bond motifs is 1. The summed E-state index contributed by atoms with van der Waals surface area (Å²) < 4.78 is 0. The zero-order valence-electron chi connectivity index (χ0n) is 11.8. The Morgan fingerprint density at radius 2 is 2.15 bits per heavy atom. The highest BCUT2D eigenvalue weighted by Crippen LogP contribution is 2.32. The van der Waals surface area contributed by atoms with Crippen molar-refractivity contribution in [3.05, 3.63) is 35.4 Å². The van der Waals surface area contributed by atoms with Gasteiger partial charge in [0.05, 0.1) is 11.8 Å². The summed E-state index contributed by atoms with van der Waals surface area (Å²) in [6, 6.07) is 7.98. The highest BCUT2D eigenvalue weighted by molar-refractivity contribution is 5.85. The van der Waals surface area contributed by atoms with Gasteiger partial charge in [-0.2, -0.15) is 0 Å². The van der Waals surface area contributed by atoms with Crippen LogP contribution >= 0.6 is 0 Å². The maximum absolute atomic E-state index is 12.2. The molecule has 0 aliphatic heterocycles. The first-order valence-electron chi connectivity index (χ1n) is 7.21. The number of hydrogen-bond acceptors (Lipinski definition) is 2. The van der Waals surface area contributed by atoms with Crippen LogP contribution in [0.4, 0.5) is 0 Å². The zero-order chi connectivity index (χ0) is 14.5. The molecule has 20 heavy (non-hydrogen) atoms. The first-order valence-corrected chi connectivity index (χ1v) is 7.21. The van der Waals surface area contributed by atoms with E-state index in [9.17, 15) is 9.59 Å². The predicted molar refractivity (Wildman–Crippen MR) is 76.5 cm³/mol. The van der Waals surface area contributed by atoms with E-state index in [2.05, 4.69) is 11.4 Å². The first kappa shape index (κ1) is 14.6. The van der Waals surface area contributed by atoms with Crippen molar-refractivity contribution in [2.45, 2.75) is 38.5 Å². The number of nitrogens with one attached hydrogen (secondary N) is 1. The van der Waals surface area contributed by atoms with Gasteiger partial charge in [-0.3, -0.25) is 9.59 Å². The fourth-order valence-electron chi connectivity index (χ4n) is 2.84. The molecule has 1 aliphatic carbocycles. The van der Waals surface area contributed by atoms with E-state index < -0.39 is 11.9 Å². The van der Waals surface area contributed by atoms with E-state index in [1.807, 2.05) is 25.1 Å². The number of carboxylic acid groups (broad SMARTS) is 1. The molecule has 0 aromatic heterocycles. The van der Waals surface area contributed by atoms with Crippen LogP contribution in [0.1, 0.15) is 43.2 Å². The minimum Gasteiger partial charge on any atom is -0.481 e. The summed E-state index contributed by atoms with van der Waals surface area (Å²) in [6.07, 6.45) is 3.14. The van der Waals surface area contributed by atoms with Crippen molar-refractivity contribution in [1.29, 1.82) is 0 Å². The van der Waals surface area contributed by atoms with Crippen LogP contribution in [0.25, 0.3) is 0 Å². The molecule has 1 aromatic rings. The molecule has 4 heteroatoms. The third kappa shape index (κ3) is 3.18. The molecule has 108 valence electrons. The highest BCUT2D eigenvalue weighted by atomic mass is 16.4. The SMILES string of the molecule is CCCC(CNC(=O)C1CCc2ccccc21)C(=O)O. The number of amides is 1. The van der Waals surface area contributed by atoms with Gasteiger partial charge in [-0.1, -0.05) is 37.6 Å². The van der Waals surface area contributed by atoms with Gasteiger partial charge in [0.2, 0.25) is 5.91 Å². The standard InChI is InChI=1S/C16H21NO3/c1-2-5-12(16(19)20)10-17-15(18)14-9-8-11-6-3-4-7-13(11)14/h3-4,6-7,12,14H,2,5,8-10H2,1H3,(H,17,18)(H,19,20). The summed E-state index contributed by atoms with van der Waals surface area (Å²) in [5, 5.41) is 11.9. The van der Waals surface area contributed by atoms with Crippen LogP contribution in [-0.2, 0) is 16.0 Å². The number of carbonyl (C=O) groups is 2. The number of aryl methyl sites for hydroxylation is 1. The van der Waals surface area contributed by atoms with Crippen LogP contribution in [0, 0.1) is 5.92 Å². The average molecular weight is 275 g/mol. The number of rotatable bonds is 6. The quantitative estimate of drug-likeness (QED) is 0.837. The molecule has 0 saturated carbocycles. The van der Waals surface area contributed by atoms with Gasteiger partial charge in [0.15, 0.2) is 0 Å². The van der Waals surface area contributed by atoms with Gasteiger partial charge in [-0.05, 0) is 30.4 Å². The molecule has 1 aromatic carbocycles. The van der Waals surface area contributed by atoms with E-state index in [4.69, 9.17) is 5.11 Å². The lowest BCUT2D eigenvalue weighted by atomic mass is 9.99. The van der Waals surface area contributed by atoms with Gasteiger partial charge in [0.1, 0.15) is 0 Å². The van der Waals surface area contributed by atoms with Gasteiger partial charge < -0.3 is 10.4 Å². The molecule has 0 heterocycles. The van der Waals surface area contributed by atoms with E-state index in [-0.39, 0.29) is 18.4 Å². The fourth-order valence-corrected chi connectivity index (χ4v) is 2.84. The predicted octanol–water partition coefficient (Wildman–Crippen LogP) is 2.33. The third-order valence-corrected chi connectivity index (χ3v) is 3.96. The fraction of sp³-hybridized carbons (Fsp3) is 0.500. The molecule has 1 amide bonds. The molecular formula is C16H21NO3. The summed E-state index contributed by atoms with van der Waals surface area (Å²) in [4.78, 5) is 23.3. The van der Waals surface area contributed by atoms with Gasteiger partial charge >= 0.3 is 5.97 Å².